The summed E-state index contributed by atoms with van der Waals surface area (Å²) in [6.45, 7) is 3.97. The molecule has 0 spiro atoms. The summed E-state index contributed by atoms with van der Waals surface area (Å²) in [5, 5.41) is 9.28. The van der Waals surface area contributed by atoms with E-state index in [0.717, 1.165) is 16.9 Å². The fraction of sp³-hybridized carbons (Fsp3) is 0.355. The van der Waals surface area contributed by atoms with Gasteiger partial charge in [0.15, 0.2) is 6.10 Å². The monoisotopic (exact) mass is 535 g/mol. The third-order valence-corrected chi connectivity index (χ3v) is 5.92. The minimum atomic E-state index is -0.984. The molecule has 8 heteroatoms. The number of aliphatic carboxylic acids is 1. The van der Waals surface area contributed by atoms with E-state index in [9.17, 15) is 14.7 Å². The first-order valence-electron chi connectivity index (χ1n) is 13.2. The molecule has 0 fully saturated rings. The fourth-order valence-corrected chi connectivity index (χ4v) is 3.88. The molecule has 3 aromatic carbocycles. The number of hydrogen-bond acceptors (Lipinski definition) is 6. The Bertz CT molecular complexity index is 1110. The molecule has 8 nitrogen and oxygen atoms in total. The minimum absolute atomic E-state index is 0.275. The van der Waals surface area contributed by atoms with Crippen LogP contribution in [0.2, 0.25) is 0 Å². The second-order valence-electron chi connectivity index (χ2n) is 8.83. The van der Waals surface area contributed by atoms with Gasteiger partial charge in [0.1, 0.15) is 18.1 Å². The van der Waals surface area contributed by atoms with Gasteiger partial charge in [-0.15, -0.1) is 0 Å². The van der Waals surface area contributed by atoms with Gasteiger partial charge < -0.3 is 29.0 Å². The van der Waals surface area contributed by atoms with Gasteiger partial charge in [-0.25, -0.2) is 9.59 Å². The van der Waals surface area contributed by atoms with E-state index in [4.69, 9.17) is 18.9 Å². The Kier molecular flexibility index (Phi) is 12.7. The minimum Gasteiger partial charge on any atom is -0.494 e. The summed E-state index contributed by atoms with van der Waals surface area (Å²) < 4.78 is 22.5. The van der Waals surface area contributed by atoms with E-state index < -0.39 is 12.1 Å². The zero-order valence-corrected chi connectivity index (χ0v) is 22.4. The summed E-state index contributed by atoms with van der Waals surface area (Å²) in [5.74, 6) is 0.436. The highest BCUT2D eigenvalue weighted by Gasteiger charge is 2.18. The van der Waals surface area contributed by atoms with Crippen molar-refractivity contribution in [3.8, 4) is 11.5 Å². The number of carbonyl (C=O) groups is 2. The van der Waals surface area contributed by atoms with Gasteiger partial charge in [-0.3, -0.25) is 0 Å². The van der Waals surface area contributed by atoms with Gasteiger partial charge in [-0.1, -0.05) is 60.7 Å². The van der Waals surface area contributed by atoms with Gasteiger partial charge in [0.05, 0.1) is 19.8 Å². The van der Waals surface area contributed by atoms with E-state index in [1.54, 1.807) is 24.0 Å². The van der Waals surface area contributed by atoms with Gasteiger partial charge in [0.25, 0.3) is 0 Å². The second kappa shape index (κ2) is 16.7. The molecular weight excluding hydrogens is 498 g/mol. The van der Waals surface area contributed by atoms with Crippen LogP contribution in [0, 0.1) is 0 Å². The Labute approximate surface area is 230 Å². The lowest BCUT2D eigenvalue weighted by Crippen LogP contribution is -2.36. The molecule has 0 bridgehead atoms. The maximum atomic E-state index is 12.8. The summed E-state index contributed by atoms with van der Waals surface area (Å²) in [6, 6.07) is 26.7. The number of para-hydroxylation sites is 1. The predicted molar refractivity (Wildman–Crippen MR) is 148 cm³/mol. The quantitative estimate of drug-likeness (QED) is 0.236. The Morgan fingerprint density at radius 1 is 0.769 bits per heavy atom. The fourth-order valence-electron chi connectivity index (χ4n) is 3.88. The summed E-state index contributed by atoms with van der Waals surface area (Å²) >= 11 is 0. The van der Waals surface area contributed by atoms with Crippen molar-refractivity contribution in [3.05, 3.63) is 96.1 Å². The zero-order chi connectivity index (χ0) is 27.7. The van der Waals surface area contributed by atoms with Crippen LogP contribution in [0.4, 0.5) is 4.79 Å². The third kappa shape index (κ3) is 11.1. The Hall–Kier alpha value is -4.04. The Morgan fingerprint density at radius 2 is 1.41 bits per heavy atom. The van der Waals surface area contributed by atoms with Crippen molar-refractivity contribution in [2.24, 2.45) is 0 Å². The standard InChI is InChI=1S/C31H37NO7/c1-2-36-29(30(33)34)24-26-14-16-28(17-15-26)38-23-20-32(19-9-21-37-27-12-7-4-8-13-27)31(35)39-22-18-25-10-5-3-6-11-25/h3-8,10-17,29H,2,9,18-24H2,1H3,(H,33,34). The summed E-state index contributed by atoms with van der Waals surface area (Å²) in [6.07, 6.45) is 0.292. The van der Waals surface area contributed by atoms with Crippen molar-refractivity contribution in [2.45, 2.75) is 32.3 Å². The Morgan fingerprint density at radius 3 is 2.08 bits per heavy atom. The van der Waals surface area contributed by atoms with Gasteiger partial charge in [0, 0.05) is 26.0 Å². The van der Waals surface area contributed by atoms with Crippen molar-refractivity contribution in [2.75, 3.05) is 39.5 Å². The molecule has 3 rings (SSSR count). The maximum absolute atomic E-state index is 12.8. The SMILES string of the molecule is CCOC(Cc1ccc(OCCN(CCCOc2ccccc2)C(=O)OCCc2ccccc2)cc1)C(=O)O. The first kappa shape index (κ1) is 29.5. The number of ether oxygens (including phenoxy) is 4. The largest absolute Gasteiger partial charge is 0.494 e. The van der Waals surface area contributed by atoms with Crippen LogP contribution in [0.25, 0.3) is 0 Å². The van der Waals surface area contributed by atoms with E-state index >= 15 is 0 Å². The number of amides is 1. The van der Waals surface area contributed by atoms with Crippen LogP contribution in [-0.2, 0) is 27.1 Å². The number of rotatable bonds is 17. The molecule has 1 unspecified atom stereocenters. The number of carboxylic acids is 1. The number of hydrogen-bond donors (Lipinski definition) is 1. The van der Waals surface area contributed by atoms with Gasteiger partial charge >= 0.3 is 12.1 Å². The van der Waals surface area contributed by atoms with E-state index in [2.05, 4.69) is 0 Å². The summed E-state index contributed by atoms with van der Waals surface area (Å²) in [5.41, 5.74) is 1.95. The van der Waals surface area contributed by atoms with E-state index in [1.807, 2.05) is 72.8 Å². The van der Waals surface area contributed by atoms with E-state index in [1.165, 1.54) is 0 Å². The van der Waals surface area contributed by atoms with Crippen molar-refractivity contribution in [1.82, 2.24) is 4.90 Å². The van der Waals surface area contributed by atoms with Crippen LogP contribution in [0.5, 0.6) is 11.5 Å². The van der Waals surface area contributed by atoms with Gasteiger partial charge in [-0.2, -0.15) is 0 Å². The molecular formula is C31H37NO7. The number of benzene rings is 3. The Balaban J connectivity index is 1.48. The van der Waals surface area contributed by atoms with Crippen LogP contribution in [-0.4, -0.2) is 67.7 Å². The topological polar surface area (TPSA) is 94.5 Å². The van der Waals surface area contributed by atoms with Crippen molar-refractivity contribution in [1.29, 1.82) is 0 Å². The van der Waals surface area contributed by atoms with Crippen molar-refractivity contribution in [3.63, 3.8) is 0 Å². The zero-order valence-electron chi connectivity index (χ0n) is 22.4. The molecule has 208 valence electrons. The molecule has 1 N–H and O–H groups in total. The summed E-state index contributed by atoms with van der Waals surface area (Å²) in [4.78, 5) is 25.8. The van der Waals surface area contributed by atoms with Crippen molar-refractivity contribution >= 4 is 12.1 Å². The lowest BCUT2D eigenvalue weighted by molar-refractivity contribution is -0.149. The normalized spacial score (nSPS) is 11.4. The van der Waals surface area contributed by atoms with Gasteiger partial charge in [-0.05, 0) is 48.7 Å². The van der Waals surface area contributed by atoms with Crippen LogP contribution >= 0.6 is 0 Å². The molecule has 0 aliphatic heterocycles. The average molecular weight is 536 g/mol. The maximum Gasteiger partial charge on any atom is 0.409 e. The molecule has 39 heavy (non-hydrogen) atoms. The highest BCUT2D eigenvalue weighted by Crippen LogP contribution is 2.15. The lowest BCUT2D eigenvalue weighted by atomic mass is 10.1. The van der Waals surface area contributed by atoms with Crippen LogP contribution in [0.1, 0.15) is 24.5 Å². The first-order chi connectivity index (χ1) is 19.0. The second-order valence-corrected chi connectivity index (χ2v) is 8.83. The predicted octanol–water partition coefficient (Wildman–Crippen LogP) is 5.25. The van der Waals surface area contributed by atoms with E-state index in [0.29, 0.717) is 51.5 Å². The third-order valence-electron chi connectivity index (χ3n) is 5.92. The number of carbonyl (C=O) groups excluding carboxylic acids is 1. The number of nitrogens with zero attached hydrogens (tertiary/aromatic N) is 1. The molecule has 0 saturated carbocycles. The molecule has 1 amide bonds. The van der Waals surface area contributed by atoms with Gasteiger partial charge in [0.2, 0.25) is 0 Å². The lowest BCUT2D eigenvalue weighted by Gasteiger charge is -2.22. The molecule has 0 heterocycles. The van der Waals surface area contributed by atoms with E-state index in [-0.39, 0.29) is 19.1 Å². The van der Waals surface area contributed by atoms with Crippen LogP contribution in [0.15, 0.2) is 84.9 Å². The molecule has 0 aromatic heterocycles. The average Bonchev–Trinajstić information content (AvgIpc) is 2.96. The van der Waals surface area contributed by atoms with Crippen LogP contribution in [0.3, 0.4) is 0 Å². The highest BCUT2D eigenvalue weighted by molar-refractivity contribution is 5.72. The van der Waals surface area contributed by atoms with Crippen LogP contribution < -0.4 is 9.47 Å². The first-order valence-corrected chi connectivity index (χ1v) is 13.2. The smallest absolute Gasteiger partial charge is 0.409 e. The molecule has 1 atom stereocenters. The molecule has 0 saturated heterocycles. The molecule has 3 aromatic rings. The highest BCUT2D eigenvalue weighted by atomic mass is 16.6. The molecule has 0 radical (unpaired) electrons. The molecule has 0 aliphatic carbocycles. The summed E-state index contributed by atoms with van der Waals surface area (Å²) in [7, 11) is 0. The van der Waals surface area contributed by atoms with Crippen molar-refractivity contribution < 1.29 is 33.6 Å². The molecule has 0 aliphatic rings. The number of carboxylic acid groups (broad SMARTS) is 1.